The fourth-order valence-electron chi connectivity index (χ4n) is 1.95. The lowest BCUT2D eigenvalue weighted by atomic mass is 10.0. The molecular weight excluding hydrogens is 247 g/mol. The Hall–Kier alpha value is -1.51. The van der Waals surface area contributed by atoms with Crippen LogP contribution in [0.2, 0.25) is 0 Å². The molecule has 0 saturated carbocycles. The van der Waals surface area contributed by atoms with Crippen LogP contribution in [0.15, 0.2) is 15.8 Å². The van der Waals surface area contributed by atoms with Crippen molar-refractivity contribution in [3.05, 3.63) is 32.9 Å². The average Bonchev–Trinajstić information content (AvgIpc) is 2.61. The number of nitrogens with one attached hydrogen (secondary N) is 1. The van der Waals surface area contributed by atoms with Crippen molar-refractivity contribution in [1.82, 2.24) is 9.55 Å². The van der Waals surface area contributed by atoms with Gasteiger partial charge in [0, 0.05) is 5.92 Å². The molecule has 1 unspecified atom stereocenters. The Kier molecular flexibility index (Phi) is 3.33. The zero-order valence-electron chi connectivity index (χ0n) is 9.54. The summed E-state index contributed by atoms with van der Waals surface area (Å²) in [6.07, 6.45) is -2.17. The number of hydrogen-bond acceptors (Lipinski definition) is 5. The summed E-state index contributed by atoms with van der Waals surface area (Å²) in [7, 11) is 0. The second-order valence-electron chi connectivity index (χ2n) is 4.24. The second kappa shape index (κ2) is 4.63. The van der Waals surface area contributed by atoms with Gasteiger partial charge in [0.1, 0.15) is 6.10 Å². The summed E-state index contributed by atoms with van der Waals surface area (Å²) in [5.74, 6) is -1.56. The van der Waals surface area contributed by atoms with Gasteiger partial charge in [0.15, 0.2) is 6.23 Å². The second-order valence-corrected chi connectivity index (χ2v) is 4.24. The molecule has 1 aromatic rings. The summed E-state index contributed by atoms with van der Waals surface area (Å²) in [5.41, 5.74) is -2.01. The summed E-state index contributed by atoms with van der Waals surface area (Å²) in [6, 6.07) is 0. The van der Waals surface area contributed by atoms with Crippen LogP contribution in [0.25, 0.3) is 0 Å². The fourth-order valence-corrected chi connectivity index (χ4v) is 1.95. The van der Waals surface area contributed by atoms with E-state index in [9.17, 15) is 19.1 Å². The number of H-pyrrole nitrogens is 1. The number of ether oxygens (including phenoxy) is 1. The Bertz CT molecular complexity index is 554. The molecule has 0 amide bonds. The maximum absolute atomic E-state index is 13.1. The van der Waals surface area contributed by atoms with Crippen molar-refractivity contribution in [2.24, 2.45) is 5.92 Å². The number of aromatic nitrogens is 2. The van der Waals surface area contributed by atoms with Crippen LogP contribution in [0.3, 0.4) is 0 Å². The van der Waals surface area contributed by atoms with Gasteiger partial charge in [0.05, 0.1) is 18.9 Å². The molecule has 18 heavy (non-hydrogen) atoms. The number of rotatable bonds is 2. The minimum Gasteiger partial charge on any atom is -0.394 e. The van der Waals surface area contributed by atoms with Crippen molar-refractivity contribution in [3.63, 3.8) is 0 Å². The van der Waals surface area contributed by atoms with E-state index in [4.69, 9.17) is 9.84 Å². The van der Waals surface area contributed by atoms with Gasteiger partial charge in [-0.2, -0.15) is 4.39 Å². The fraction of sp³-hybridized carbons (Fsp3) is 0.600. The molecule has 1 aromatic heterocycles. The number of aliphatic hydroxyl groups excluding tert-OH is 2. The SMILES string of the molecule is CC1[C@@H](CO)O[C@@H](n2cc(F)c(=O)[nH]c2=O)[C@H]1O. The maximum Gasteiger partial charge on any atom is 0.330 e. The molecule has 1 saturated heterocycles. The maximum atomic E-state index is 13.1. The van der Waals surface area contributed by atoms with Gasteiger partial charge < -0.3 is 14.9 Å². The van der Waals surface area contributed by atoms with E-state index in [0.29, 0.717) is 6.20 Å². The number of halogens is 1. The first-order valence-corrected chi connectivity index (χ1v) is 5.41. The van der Waals surface area contributed by atoms with E-state index in [1.54, 1.807) is 11.9 Å². The monoisotopic (exact) mass is 260 g/mol. The third kappa shape index (κ3) is 1.98. The summed E-state index contributed by atoms with van der Waals surface area (Å²) >= 11 is 0. The highest BCUT2D eigenvalue weighted by atomic mass is 19.1. The number of hydrogen-bond donors (Lipinski definition) is 3. The molecule has 1 fully saturated rings. The number of aromatic amines is 1. The average molecular weight is 260 g/mol. The van der Waals surface area contributed by atoms with Crippen molar-refractivity contribution in [2.75, 3.05) is 6.61 Å². The summed E-state index contributed by atoms with van der Waals surface area (Å²) in [4.78, 5) is 24.2. The first-order chi connectivity index (χ1) is 8.45. The molecule has 3 N–H and O–H groups in total. The van der Waals surface area contributed by atoms with Crippen molar-refractivity contribution >= 4 is 0 Å². The van der Waals surface area contributed by atoms with E-state index >= 15 is 0 Å². The van der Waals surface area contributed by atoms with Crippen molar-refractivity contribution in [2.45, 2.75) is 25.4 Å². The number of aliphatic hydroxyl groups is 2. The Morgan fingerprint density at radius 1 is 1.56 bits per heavy atom. The van der Waals surface area contributed by atoms with E-state index in [1.807, 2.05) is 0 Å². The Morgan fingerprint density at radius 2 is 2.22 bits per heavy atom. The van der Waals surface area contributed by atoms with Crippen LogP contribution >= 0.6 is 0 Å². The standard InChI is InChI=1S/C10H13FN2O5/c1-4-6(3-14)18-9(7(4)15)13-2-5(11)8(16)12-10(13)17/h2,4,6-7,9,14-15H,3H2,1H3,(H,12,16,17)/t4?,6-,7+,9-/m1/s1. The summed E-state index contributed by atoms with van der Waals surface area (Å²) in [5, 5.41) is 18.9. The molecule has 2 heterocycles. The topological polar surface area (TPSA) is 105 Å². The molecule has 0 radical (unpaired) electrons. The first-order valence-electron chi connectivity index (χ1n) is 5.41. The minimum absolute atomic E-state index is 0.324. The molecule has 1 aliphatic heterocycles. The third-order valence-corrected chi connectivity index (χ3v) is 3.11. The Morgan fingerprint density at radius 3 is 2.78 bits per heavy atom. The highest BCUT2D eigenvalue weighted by Crippen LogP contribution is 2.32. The van der Waals surface area contributed by atoms with Gasteiger partial charge in [-0.1, -0.05) is 6.92 Å². The van der Waals surface area contributed by atoms with Crippen LogP contribution in [-0.4, -0.2) is 38.6 Å². The molecule has 2 rings (SSSR count). The molecule has 0 spiro atoms. The normalized spacial score (nSPS) is 31.8. The van der Waals surface area contributed by atoms with Crippen LogP contribution < -0.4 is 11.2 Å². The zero-order valence-corrected chi connectivity index (χ0v) is 9.54. The van der Waals surface area contributed by atoms with Gasteiger partial charge in [-0.15, -0.1) is 0 Å². The summed E-state index contributed by atoms with van der Waals surface area (Å²) < 4.78 is 19.2. The minimum atomic E-state index is -1.15. The molecule has 0 bridgehead atoms. The van der Waals surface area contributed by atoms with E-state index < -0.39 is 41.4 Å². The molecular formula is C10H13FN2O5. The van der Waals surface area contributed by atoms with Crippen LogP contribution in [0.5, 0.6) is 0 Å². The molecule has 100 valence electrons. The van der Waals surface area contributed by atoms with Crippen molar-refractivity contribution in [1.29, 1.82) is 0 Å². The quantitative estimate of drug-likeness (QED) is 0.604. The van der Waals surface area contributed by atoms with Crippen LogP contribution in [0, 0.1) is 11.7 Å². The molecule has 8 heteroatoms. The number of nitrogens with zero attached hydrogens (tertiary/aromatic N) is 1. The lowest BCUT2D eigenvalue weighted by molar-refractivity contribution is -0.0539. The van der Waals surface area contributed by atoms with E-state index in [2.05, 4.69) is 0 Å². The molecule has 0 aromatic carbocycles. The smallest absolute Gasteiger partial charge is 0.330 e. The third-order valence-electron chi connectivity index (χ3n) is 3.11. The van der Waals surface area contributed by atoms with Crippen LogP contribution in [0.4, 0.5) is 4.39 Å². The molecule has 0 aliphatic carbocycles. The predicted molar refractivity (Wildman–Crippen MR) is 57.4 cm³/mol. The van der Waals surface area contributed by atoms with Crippen molar-refractivity contribution in [3.8, 4) is 0 Å². The van der Waals surface area contributed by atoms with E-state index in [0.717, 1.165) is 4.57 Å². The molecule has 4 atom stereocenters. The van der Waals surface area contributed by atoms with E-state index in [-0.39, 0.29) is 6.61 Å². The van der Waals surface area contributed by atoms with Gasteiger partial charge in [0.2, 0.25) is 5.82 Å². The van der Waals surface area contributed by atoms with Gasteiger partial charge in [-0.25, -0.2) is 4.79 Å². The van der Waals surface area contributed by atoms with Gasteiger partial charge in [-0.05, 0) is 0 Å². The largest absolute Gasteiger partial charge is 0.394 e. The first kappa shape index (κ1) is 12.9. The lowest BCUT2D eigenvalue weighted by Crippen LogP contribution is -2.37. The Labute approximate surface area is 100 Å². The highest BCUT2D eigenvalue weighted by Gasteiger charge is 2.42. The van der Waals surface area contributed by atoms with Gasteiger partial charge in [-0.3, -0.25) is 14.3 Å². The predicted octanol–water partition coefficient (Wildman–Crippen LogP) is -1.44. The van der Waals surface area contributed by atoms with E-state index in [1.165, 1.54) is 0 Å². The van der Waals surface area contributed by atoms with Crippen LogP contribution in [-0.2, 0) is 4.74 Å². The molecule has 7 nitrogen and oxygen atoms in total. The molecule has 1 aliphatic rings. The Balaban J connectivity index is 2.42. The zero-order chi connectivity index (χ0) is 13.4. The van der Waals surface area contributed by atoms with Crippen molar-refractivity contribution < 1.29 is 19.3 Å². The van der Waals surface area contributed by atoms with Crippen LogP contribution in [0.1, 0.15) is 13.2 Å². The van der Waals surface area contributed by atoms with Gasteiger partial charge in [0.25, 0.3) is 5.56 Å². The summed E-state index contributed by atoms with van der Waals surface area (Å²) in [6.45, 7) is 1.31. The lowest BCUT2D eigenvalue weighted by Gasteiger charge is -2.17. The van der Waals surface area contributed by atoms with Gasteiger partial charge >= 0.3 is 5.69 Å². The highest BCUT2D eigenvalue weighted by molar-refractivity contribution is 4.93.